The lowest BCUT2D eigenvalue weighted by Gasteiger charge is -2.13. The molecule has 0 spiro atoms. The second-order valence-electron chi connectivity index (χ2n) is 9.03. The van der Waals surface area contributed by atoms with Gasteiger partial charge in [-0.2, -0.15) is 0 Å². The molecule has 4 rings (SSSR count). The van der Waals surface area contributed by atoms with Crippen LogP contribution in [0.4, 0.5) is 15.8 Å². The van der Waals surface area contributed by atoms with E-state index in [-0.39, 0.29) is 17.4 Å². The van der Waals surface area contributed by atoms with E-state index in [0.717, 1.165) is 16.0 Å². The number of thioether (sulfide) groups is 1. The average Bonchev–Trinajstić information content (AvgIpc) is 2.95. The van der Waals surface area contributed by atoms with Crippen molar-refractivity contribution in [2.45, 2.75) is 24.0 Å². The van der Waals surface area contributed by atoms with Crippen molar-refractivity contribution in [3.05, 3.63) is 131 Å². The Bertz CT molecular complexity index is 1520. The number of nitrogens with one attached hydrogen (secondary N) is 3. The van der Waals surface area contributed by atoms with Gasteiger partial charge in [-0.1, -0.05) is 48.0 Å². The van der Waals surface area contributed by atoms with Gasteiger partial charge in [0.25, 0.3) is 11.8 Å². The second kappa shape index (κ2) is 13.4. The van der Waals surface area contributed by atoms with E-state index in [1.165, 1.54) is 36.0 Å². The van der Waals surface area contributed by atoms with Gasteiger partial charge in [0.1, 0.15) is 11.5 Å². The molecule has 202 valence electrons. The van der Waals surface area contributed by atoms with E-state index < -0.39 is 17.1 Å². The zero-order valence-corrected chi connectivity index (χ0v) is 22.8. The zero-order valence-electron chi connectivity index (χ0n) is 22.0. The quantitative estimate of drug-likeness (QED) is 0.160. The maximum Gasteiger partial charge on any atom is 0.272 e. The summed E-state index contributed by atoms with van der Waals surface area (Å²) in [4.78, 5) is 39.4. The summed E-state index contributed by atoms with van der Waals surface area (Å²) in [6.45, 7) is 3.73. The summed E-state index contributed by atoms with van der Waals surface area (Å²) in [5, 5.41) is 7.92. The minimum Gasteiger partial charge on any atom is -0.325 e. The molecule has 6 nitrogen and oxygen atoms in total. The van der Waals surface area contributed by atoms with Crippen LogP contribution >= 0.6 is 11.8 Å². The van der Waals surface area contributed by atoms with Crippen molar-refractivity contribution in [2.24, 2.45) is 0 Å². The lowest BCUT2D eigenvalue weighted by molar-refractivity contribution is -0.115. The summed E-state index contributed by atoms with van der Waals surface area (Å²) < 4.78 is 13.1. The van der Waals surface area contributed by atoms with Crippen molar-refractivity contribution in [2.75, 3.05) is 10.6 Å². The Balaban J connectivity index is 1.42. The van der Waals surface area contributed by atoms with Crippen molar-refractivity contribution >= 4 is 46.9 Å². The van der Waals surface area contributed by atoms with Crippen LogP contribution in [-0.2, 0) is 9.59 Å². The molecule has 4 aromatic carbocycles. The first-order chi connectivity index (χ1) is 19.3. The first kappa shape index (κ1) is 28.3. The highest BCUT2D eigenvalue weighted by Gasteiger charge is 2.17. The number of hydrogen-bond donors (Lipinski definition) is 3. The molecule has 0 heterocycles. The molecule has 0 bridgehead atoms. The molecule has 0 aliphatic heterocycles. The Morgan fingerprint density at radius 2 is 1.45 bits per heavy atom. The molecule has 3 N–H and O–H groups in total. The largest absolute Gasteiger partial charge is 0.325 e. The van der Waals surface area contributed by atoms with Gasteiger partial charge in [-0.05, 0) is 86.2 Å². The first-order valence-corrected chi connectivity index (χ1v) is 13.4. The van der Waals surface area contributed by atoms with Gasteiger partial charge in [0.2, 0.25) is 5.91 Å². The third-order valence-corrected chi connectivity index (χ3v) is 6.90. The van der Waals surface area contributed by atoms with Crippen LogP contribution < -0.4 is 16.0 Å². The maximum atomic E-state index is 13.2. The Morgan fingerprint density at radius 1 is 0.800 bits per heavy atom. The van der Waals surface area contributed by atoms with Crippen molar-refractivity contribution in [1.82, 2.24) is 5.32 Å². The molecule has 40 heavy (non-hydrogen) atoms. The van der Waals surface area contributed by atoms with E-state index >= 15 is 0 Å². The number of halogens is 1. The fourth-order valence-corrected chi connectivity index (χ4v) is 4.59. The lowest BCUT2D eigenvalue weighted by atomic mass is 10.1. The fraction of sp³-hybridized carbons (Fsp3) is 0.0938. The number of anilines is 2. The van der Waals surface area contributed by atoms with Gasteiger partial charge >= 0.3 is 0 Å². The van der Waals surface area contributed by atoms with E-state index in [9.17, 15) is 18.8 Å². The van der Waals surface area contributed by atoms with E-state index in [4.69, 9.17) is 0 Å². The Morgan fingerprint density at radius 3 is 2.12 bits per heavy atom. The van der Waals surface area contributed by atoms with E-state index in [2.05, 4.69) is 16.0 Å². The molecule has 0 aliphatic carbocycles. The van der Waals surface area contributed by atoms with E-state index in [1.807, 2.05) is 37.3 Å². The van der Waals surface area contributed by atoms with Crippen LogP contribution in [-0.4, -0.2) is 23.0 Å². The second-order valence-corrected chi connectivity index (χ2v) is 10.4. The molecule has 0 radical (unpaired) electrons. The van der Waals surface area contributed by atoms with Gasteiger partial charge in [0.05, 0.1) is 5.25 Å². The van der Waals surface area contributed by atoms with Gasteiger partial charge in [0, 0.05) is 21.8 Å². The van der Waals surface area contributed by atoms with Crippen LogP contribution in [0.1, 0.15) is 28.4 Å². The smallest absolute Gasteiger partial charge is 0.272 e. The van der Waals surface area contributed by atoms with E-state index in [1.54, 1.807) is 61.5 Å². The zero-order chi connectivity index (χ0) is 28.5. The van der Waals surface area contributed by atoms with Gasteiger partial charge in [0.15, 0.2) is 0 Å². The summed E-state index contributed by atoms with van der Waals surface area (Å²) >= 11 is 1.35. The molecular formula is C32H28FN3O3S. The molecule has 0 saturated carbocycles. The third-order valence-electron chi connectivity index (χ3n) is 5.79. The summed E-state index contributed by atoms with van der Waals surface area (Å²) in [6.07, 6.45) is 1.63. The van der Waals surface area contributed by atoms with Gasteiger partial charge < -0.3 is 16.0 Å². The predicted octanol–water partition coefficient (Wildman–Crippen LogP) is 6.66. The molecule has 0 saturated heterocycles. The third kappa shape index (κ3) is 8.15. The standard InChI is InChI=1S/C32H28FN3O3S/c1-21-7-6-8-23(19-21)20-29(36-31(38)24-9-4-3-5-10-24)32(39)35-27-15-17-28(18-16-27)40-22(2)30(37)34-26-13-11-25(33)12-14-26/h3-20,22H,1-2H3,(H,34,37)(H,35,39)(H,36,38)/b29-20-. The Labute approximate surface area is 236 Å². The summed E-state index contributed by atoms with van der Waals surface area (Å²) in [7, 11) is 0. The number of carbonyl (C=O) groups excluding carboxylic acids is 3. The van der Waals surface area contributed by atoms with Crippen LogP contribution in [0.5, 0.6) is 0 Å². The van der Waals surface area contributed by atoms with Crippen LogP contribution in [0.2, 0.25) is 0 Å². The minimum absolute atomic E-state index is 0.101. The molecule has 0 fully saturated rings. The highest BCUT2D eigenvalue weighted by molar-refractivity contribution is 8.00. The molecule has 1 atom stereocenters. The van der Waals surface area contributed by atoms with Crippen molar-refractivity contribution in [3.8, 4) is 0 Å². The number of carbonyl (C=O) groups is 3. The lowest BCUT2D eigenvalue weighted by Crippen LogP contribution is -2.30. The van der Waals surface area contributed by atoms with Crippen molar-refractivity contribution in [3.63, 3.8) is 0 Å². The van der Waals surface area contributed by atoms with Crippen LogP contribution in [0.3, 0.4) is 0 Å². The topological polar surface area (TPSA) is 87.3 Å². The summed E-state index contributed by atoms with van der Waals surface area (Å²) in [6, 6.07) is 28.9. The van der Waals surface area contributed by atoms with Gasteiger partial charge in [-0.25, -0.2) is 4.39 Å². The van der Waals surface area contributed by atoms with Crippen molar-refractivity contribution < 1.29 is 18.8 Å². The van der Waals surface area contributed by atoms with Gasteiger partial charge in [-0.15, -0.1) is 11.8 Å². The first-order valence-electron chi connectivity index (χ1n) is 12.6. The highest BCUT2D eigenvalue weighted by Crippen LogP contribution is 2.26. The fourth-order valence-electron chi connectivity index (χ4n) is 3.72. The molecule has 1 unspecified atom stereocenters. The SMILES string of the molecule is Cc1cccc(/C=C(\NC(=O)c2ccccc2)C(=O)Nc2ccc(SC(C)C(=O)Nc3ccc(F)cc3)cc2)c1. The van der Waals surface area contributed by atoms with Crippen LogP contribution in [0, 0.1) is 12.7 Å². The molecule has 3 amide bonds. The molecule has 0 aliphatic rings. The molecular weight excluding hydrogens is 525 g/mol. The Kier molecular flexibility index (Phi) is 9.48. The maximum absolute atomic E-state index is 13.2. The number of hydrogen-bond acceptors (Lipinski definition) is 4. The number of amides is 3. The predicted molar refractivity (Wildman–Crippen MR) is 158 cm³/mol. The summed E-state index contributed by atoms with van der Waals surface area (Å²) in [5.41, 5.74) is 3.38. The molecule has 4 aromatic rings. The number of rotatable bonds is 9. The molecule has 0 aromatic heterocycles. The Hall–Kier alpha value is -4.69. The van der Waals surface area contributed by atoms with E-state index in [0.29, 0.717) is 16.9 Å². The van der Waals surface area contributed by atoms with Gasteiger partial charge in [-0.3, -0.25) is 14.4 Å². The van der Waals surface area contributed by atoms with Crippen molar-refractivity contribution in [1.29, 1.82) is 0 Å². The molecule has 8 heteroatoms. The minimum atomic E-state index is -0.474. The van der Waals surface area contributed by atoms with Crippen LogP contribution in [0.15, 0.2) is 114 Å². The number of aryl methyl sites for hydroxylation is 1. The highest BCUT2D eigenvalue weighted by atomic mass is 32.2. The summed E-state index contributed by atoms with van der Waals surface area (Å²) in [5.74, 6) is -1.45. The van der Waals surface area contributed by atoms with Crippen LogP contribution in [0.25, 0.3) is 6.08 Å². The monoisotopic (exact) mass is 553 g/mol. The number of benzene rings is 4. The average molecular weight is 554 g/mol. The normalized spacial score (nSPS) is 11.8.